The second-order valence-corrected chi connectivity index (χ2v) is 6.27. The molecule has 0 N–H and O–H groups in total. The summed E-state index contributed by atoms with van der Waals surface area (Å²) in [5.74, 6) is -0.578. The first-order chi connectivity index (χ1) is 12.3. The van der Waals surface area contributed by atoms with Gasteiger partial charge in [0, 0.05) is 12.5 Å². The van der Waals surface area contributed by atoms with Crippen LogP contribution in [0.2, 0.25) is 0 Å². The van der Waals surface area contributed by atoms with Crippen LogP contribution in [0.1, 0.15) is 36.7 Å². The number of carbonyl (C=O) groups excluding carboxylic acids is 3. The van der Waals surface area contributed by atoms with Crippen LogP contribution in [0.3, 0.4) is 0 Å². The summed E-state index contributed by atoms with van der Waals surface area (Å²) in [6.45, 7) is 5.06. The van der Waals surface area contributed by atoms with Gasteiger partial charge in [-0.2, -0.15) is 4.57 Å². The molecule has 2 aromatic rings. The van der Waals surface area contributed by atoms with Crippen molar-refractivity contribution in [3.05, 3.63) is 59.9 Å². The maximum atomic E-state index is 12.3. The lowest BCUT2D eigenvalue weighted by Gasteiger charge is -2.06. The molecule has 0 spiro atoms. The van der Waals surface area contributed by atoms with Gasteiger partial charge < -0.3 is 9.47 Å². The monoisotopic (exact) mass is 356 g/mol. The zero-order valence-corrected chi connectivity index (χ0v) is 15.1. The number of ketones is 1. The highest BCUT2D eigenvalue weighted by atomic mass is 16.5. The number of ether oxygens (including phenoxy) is 2. The van der Waals surface area contributed by atoms with Gasteiger partial charge >= 0.3 is 11.9 Å². The second-order valence-electron chi connectivity index (χ2n) is 6.27. The van der Waals surface area contributed by atoms with Crippen LogP contribution < -0.4 is 9.30 Å². The minimum atomic E-state index is -0.520. The first-order valence-electron chi connectivity index (χ1n) is 8.31. The number of pyridine rings is 1. The van der Waals surface area contributed by atoms with Crippen LogP contribution in [0, 0.1) is 5.92 Å². The van der Waals surface area contributed by atoms with E-state index in [1.54, 1.807) is 67.2 Å². The van der Waals surface area contributed by atoms with Crippen LogP contribution in [0.25, 0.3) is 0 Å². The molecule has 1 aromatic carbocycles. The van der Waals surface area contributed by atoms with Crippen LogP contribution in [0.4, 0.5) is 0 Å². The summed E-state index contributed by atoms with van der Waals surface area (Å²) in [4.78, 5) is 34.9. The maximum absolute atomic E-state index is 12.3. The summed E-state index contributed by atoms with van der Waals surface area (Å²) in [6, 6.07) is 10.1. The standard InChI is InChI=1S/C20H22NO5/c1-14(2)19(23)25-13-21-10-4-5-17(12-21)20(24)26-18-8-6-16(7-9-18)11-15(3)22/h4-10,12,14H,11,13H2,1-3H3/q+1. The molecular formula is C20H22NO5+. The number of esters is 2. The minimum Gasteiger partial charge on any atom is -0.423 e. The molecule has 1 aromatic heterocycles. The summed E-state index contributed by atoms with van der Waals surface area (Å²) in [5, 5.41) is 0. The van der Waals surface area contributed by atoms with Gasteiger partial charge in [-0.15, -0.1) is 0 Å². The van der Waals surface area contributed by atoms with Crippen molar-refractivity contribution in [3.63, 3.8) is 0 Å². The molecule has 0 unspecified atom stereocenters. The van der Waals surface area contributed by atoms with E-state index in [2.05, 4.69) is 0 Å². The Kier molecular flexibility index (Phi) is 6.60. The molecule has 0 bridgehead atoms. The molecular weight excluding hydrogens is 334 g/mol. The summed E-state index contributed by atoms with van der Waals surface area (Å²) >= 11 is 0. The van der Waals surface area contributed by atoms with Gasteiger partial charge in [-0.25, -0.2) is 4.79 Å². The molecule has 6 heteroatoms. The quantitative estimate of drug-likeness (QED) is 0.433. The minimum absolute atomic E-state index is 0.0257. The van der Waals surface area contributed by atoms with Crippen molar-refractivity contribution in [3.8, 4) is 5.75 Å². The Morgan fingerprint density at radius 1 is 1.08 bits per heavy atom. The third-order valence-electron chi connectivity index (χ3n) is 3.51. The van der Waals surface area contributed by atoms with Gasteiger partial charge in [0.15, 0.2) is 12.4 Å². The number of aromatic nitrogens is 1. The Hall–Kier alpha value is -3.02. The van der Waals surface area contributed by atoms with E-state index in [1.807, 2.05) is 0 Å². The van der Waals surface area contributed by atoms with E-state index in [0.717, 1.165) is 5.56 Å². The molecule has 0 amide bonds. The Labute approximate surface area is 152 Å². The SMILES string of the molecule is CC(=O)Cc1ccc(OC(=O)c2ccc[n+](COC(=O)C(C)C)c2)cc1. The molecule has 0 aliphatic carbocycles. The van der Waals surface area contributed by atoms with Crippen LogP contribution in [0.15, 0.2) is 48.8 Å². The van der Waals surface area contributed by atoms with E-state index in [-0.39, 0.29) is 24.4 Å². The number of Topliss-reactive ketones (excluding diaryl/α,β-unsaturated/α-hetero) is 1. The fraction of sp³-hybridized carbons (Fsp3) is 0.300. The number of nitrogens with zero attached hydrogens (tertiary/aromatic N) is 1. The van der Waals surface area contributed by atoms with Gasteiger partial charge in [-0.1, -0.05) is 26.0 Å². The highest BCUT2D eigenvalue weighted by Crippen LogP contribution is 2.14. The van der Waals surface area contributed by atoms with Gasteiger partial charge in [0.05, 0.1) is 5.92 Å². The fourth-order valence-corrected chi connectivity index (χ4v) is 2.16. The average molecular weight is 356 g/mol. The normalized spacial score (nSPS) is 10.5. The van der Waals surface area contributed by atoms with Gasteiger partial charge in [0.1, 0.15) is 17.1 Å². The van der Waals surface area contributed by atoms with Gasteiger partial charge in [-0.3, -0.25) is 9.59 Å². The van der Waals surface area contributed by atoms with Crippen molar-refractivity contribution >= 4 is 17.7 Å². The van der Waals surface area contributed by atoms with Crippen LogP contribution in [-0.4, -0.2) is 17.7 Å². The largest absolute Gasteiger partial charge is 0.423 e. The Bertz CT molecular complexity index is 796. The van der Waals surface area contributed by atoms with Gasteiger partial charge in [0.25, 0.3) is 6.73 Å². The molecule has 0 fully saturated rings. The molecule has 2 rings (SSSR count). The Balaban J connectivity index is 1.99. The Morgan fingerprint density at radius 2 is 1.77 bits per heavy atom. The third-order valence-corrected chi connectivity index (χ3v) is 3.51. The summed E-state index contributed by atoms with van der Waals surface area (Å²) in [6.07, 6.45) is 3.60. The molecule has 0 aliphatic heterocycles. The van der Waals surface area contributed by atoms with Gasteiger partial charge in [0.2, 0.25) is 0 Å². The van der Waals surface area contributed by atoms with E-state index in [0.29, 0.717) is 17.7 Å². The first-order valence-corrected chi connectivity index (χ1v) is 8.31. The van der Waals surface area contributed by atoms with Crippen molar-refractivity contribution in [2.45, 2.75) is 33.9 Å². The van der Waals surface area contributed by atoms with E-state index >= 15 is 0 Å². The highest BCUT2D eigenvalue weighted by molar-refractivity contribution is 5.90. The molecule has 0 saturated heterocycles. The summed E-state index contributed by atoms with van der Waals surface area (Å²) < 4.78 is 12.1. The van der Waals surface area contributed by atoms with Crippen molar-refractivity contribution in [1.29, 1.82) is 0 Å². The third kappa shape index (κ3) is 5.81. The molecule has 0 radical (unpaired) electrons. The predicted octanol–water partition coefficient (Wildman–Crippen LogP) is 2.48. The molecule has 1 heterocycles. The fourth-order valence-electron chi connectivity index (χ4n) is 2.16. The zero-order chi connectivity index (χ0) is 19.1. The van der Waals surface area contributed by atoms with Crippen LogP contribution >= 0.6 is 0 Å². The number of rotatable bonds is 7. The lowest BCUT2D eigenvalue weighted by Crippen LogP contribution is -2.37. The number of benzene rings is 1. The van der Waals surface area contributed by atoms with Crippen molar-refractivity contribution in [1.82, 2.24) is 0 Å². The lowest BCUT2D eigenvalue weighted by atomic mass is 10.1. The van der Waals surface area contributed by atoms with E-state index < -0.39 is 5.97 Å². The number of carbonyl (C=O) groups is 3. The molecule has 0 atom stereocenters. The molecule has 6 nitrogen and oxygen atoms in total. The zero-order valence-electron chi connectivity index (χ0n) is 15.1. The van der Waals surface area contributed by atoms with Crippen molar-refractivity contribution < 1.29 is 28.4 Å². The van der Waals surface area contributed by atoms with E-state index in [1.165, 1.54) is 6.92 Å². The Morgan fingerprint density at radius 3 is 2.38 bits per heavy atom. The van der Waals surface area contributed by atoms with E-state index in [4.69, 9.17) is 9.47 Å². The van der Waals surface area contributed by atoms with Gasteiger partial charge in [-0.05, 0) is 30.7 Å². The highest BCUT2D eigenvalue weighted by Gasteiger charge is 2.15. The molecule has 26 heavy (non-hydrogen) atoms. The number of hydrogen-bond donors (Lipinski definition) is 0. The van der Waals surface area contributed by atoms with Crippen molar-refractivity contribution in [2.24, 2.45) is 5.92 Å². The smallest absolute Gasteiger partial charge is 0.349 e. The summed E-state index contributed by atoms with van der Waals surface area (Å²) in [5.41, 5.74) is 1.20. The van der Waals surface area contributed by atoms with Crippen molar-refractivity contribution in [2.75, 3.05) is 0 Å². The van der Waals surface area contributed by atoms with Crippen LogP contribution in [-0.2, 0) is 27.5 Å². The number of hydrogen-bond acceptors (Lipinski definition) is 5. The summed E-state index contributed by atoms with van der Waals surface area (Å²) in [7, 11) is 0. The van der Waals surface area contributed by atoms with Crippen LogP contribution in [0.5, 0.6) is 5.75 Å². The second kappa shape index (κ2) is 8.89. The average Bonchev–Trinajstić information content (AvgIpc) is 2.61. The molecule has 0 aliphatic rings. The topological polar surface area (TPSA) is 73.6 Å². The lowest BCUT2D eigenvalue weighted by molar-refractivity contribution is -0.727. The maximum Gasteiger partial charge on any atom is 0.349 e. The predicted molar refractivity (Wildman–Crippen MR) is 93.4 cm³/mol. The molecule has 136 valence electrons. The van der Waals surface area contributed by atoms with E-state index in [9.17, 15) is 14.4 Å². The molecule has 0 saturated carbocycles. The first kappa shape index (κ1) is 19.3.